The molecule has 0 bridgehead atoms. The topological polar surface area (TPSA) is 60.2 Å². The van der Waals surface area contributed by atoms with Crippen molar-refractivity contribution in [3.8, 4) is 0 Å². The smallest absolute Gasteiger partial charge is 0.269 e. The second-order valence-corrected chi connectivity index (χ2v) is 6.78. The van der Waals surface area contributed by atoms with Gasteiger partial charge in [-0.1, -0.05) is 19.9 Å². The van der Waals surface area contributed by atoms with Crippen molar-refractivity contribution in [2.45, 2.75) is 13.8 Å². The van der Waals surface area contributed by atoms with E-state index in [-0.39, 0.29) is 11.5 Å². The molecule has 0 heterocycles. The number of carbonyl (C=O) groups excluding carboxylic acids is 1. The summed E-state index contributed by atoms with van der Waals surface area (Å²) in [5, 5.41) is 10.5. The molecule has 1 aromatic carbocycles. The molecule has 0 aliphatic carbocycles. The van der Waals surface area contributed by atoms with Gasteiger partial charge in [-0.05, 0) is 35.3 Å². The van der Waals surface area contributed by atoms with E-state index in [4.69, 9.17) is 0 Å². The maximum atomic E-state index is 11.9. The standard InChI is InChI=1S/C15H17NO3S2/c1-3-20-15(21-4-2)11-14(17)10-7-12-5-8-13(9-6-12)16(18)19/h5-11H,3-4H2,1-2H3/b10-7+. The summed E-state index contributed by atoms with van der Waals surface area (Å²) in [6, 6.07) is 6.08. The SMILES string of the molecule is CCSC(=CC(=O)/C=C/c1ccc([N+](=O)[O-])cc1)SCC. The first-order chi connectivity index (χ1) is 10.1. The number of carbonyl (C=O) groups is 1. The highest BCUT2D eigenvalue weighted by Crippen LogP contribution is 2.27. The van der Waals surface area contributed by atoms with Crippen LogP contribution in [-0.4, -0.2) is 22.2 Å². The van der Waals surface area contributed by atoms with Gasteiger partial charge in [-0.3, -0.25) is 14.9 Å². The summed E-state index contributed by atoms with van der Waals surface area (Å²) in [6.07, 6.45) is 4.77. The van der Waals surface area contributed by atoms with E-state index in [1.54, 1.807) is 47.8 Å². The number of hydrogen-bond donors (Lipinski definition) is 0. The molecule has 1 aromatic rings. The van der Waals surface area contributed by atoms with Gasteiger partial charge in [-0.25, -0.2) is 0 Å². The Labute approximate surface area is 132 Å². The number of thioether (sulfide) groups is 2. The minimum absolute atomic E-state index is 0.0411. The molecule has 0 unspecified atom stereocenters. The van der Waals surface area contributed by atoms with Crippen LogP contribution in [0, 0.1) is 10.1 Å². The van der Waals surface area contributed by atoms with E-state index >= 15 is 0 Å². The van der Waals surface area contributed by atoms with Crippen LogP contribution in [0.5, 0.6) is 0 Å². The van der Waals surface area contributed by atoms with Crippen LogP contribution in [0.15, 0.2) is 40.7 Å². The van der Waals surface area contributed by atoms with Crippen molar-refractivity contribution < 1.29 is 9.72 Å². The van der Waals surface area contributed by atoms with Crippen LogP contribution < -0.4 is 0 Å². The molecule has 0 aliphatic rings. The number of nitro groups is 1. The second-order valence-electron chi connectivity index (χ2n) is 3.91. The molecule has 21 heavy (non-hydrogen) atoms. The van der Waals surface area contributed by atoms with E-state index in [1.807, 2.05) is 13.8 Å². The minimum atomic E-state index is -0.447. The number of non-ortho nitro benzene ring substituents is 1. The Balaban J connectivity index is 2.72. The van der Waals surface area contributed by atoms with Crippen molar-refractivity contribution in [2.75, 3.05) is 11.5 Å². The zero-order chi connectivity index (χ0) is 15.7. The lowest BCUT2D eigenvalue weighted by Gasteiger charge is -2.01. The third-order valence-corrected chi connectivity index (χ3v) is 4.47. The van der Waals surface area contributed by atoms with Crippen molar-refractivity contribution in [1.29, 1.82) is 0 Å². The molecule has 0 N–H and O–H groups in total. The van der Waals surface area contributed by atoms with Gasteiger partial charge in [0.2, 0.25) is 0 Å². The monoisotopic (exact) mass is 323 g/mol. The average Bonchev–Trinajstić information content (AvgIpc) is 2.46. The van der Waals surface area contributed by atoms with Crippen molar-refractivity contribution in [1.82, 2.24) is 0 Å². The molecular formula is C15H17NO3S2. The molecule has 4 nitrogen and oxygen atoms in total. The normalized spacial score (nSPS) is 10.6. The number of rotatable bonds is 8. The molecule has 6 heteroatoms. The number of ketones is 1. The van der Waals surface area contributed by atoms with Crippen LogP contribution in [0.3, 0.4) is 0 Å². The Bertz CT molecular complexity index is 543. The van der Waals surface area contributed by atoms with Gasteiger partial charge < -0.3 is 0 Å². The van der Waals surface area contributed by atoms with Crippen molar-refractivity contribution in [3.05, 3.63) is 56.3 Å². The summed E-state index contributed by atoms with van der Waals surface area (Å²) in [5.74, 6) is 1.78. The first kappa shape index (κ1) is 17.5. The fraction of sp³-hybridized carbons (Fsp3) is 0.267. The third kappa shape index (κ3) is 6.64. The molecule has 0 saturated carbocycles. The largest absolute Gasteiger partial charge is 0.290 e. The summed E-state index contributed by atoms with van der Waals surface area (Å²) in [4.78, 5) is 22.0. The molecular weight excluding hydrogens is 306 g/mol. The van der Waals surface area contributed by atoms with E-state index in [0.717, 1.165) is 21.3 Å². The van der Waals surface area contributed by atoms with E-state index in [2.05, 4.69) is 0 Å². The van der Waals surface area contributed by atoms with Crippen LogP contribution in [0.2, 0.25) is 0 Å². The van der Waals surface area contributed by atoms with Gasteiger partial charge in [-0.2, -0.15) is 0 Å². The van der Waals surface area contributed by atoms with Gasteiger partial charge in [0.15, 0.2) is 5.78 Å². The Hall–Kier alpha value is -1.53. The molecule has 0 aliphatic heterocycles. The lowest BCUT2D eigenvalue weighted by atomic mass is 10.2. The van der Waals surface area contributed by atoms with Crippen LogP contribution in [0.4, 0.5) is 5.69 Å². The number of allylic oxidation sites excluding steroid dienone is 2. The predicted octanol–water partition coefficient (Wildman–Crippen LogP) is 4.52. The highest BCUT2D eigenvalue weighted by Gasteiger charge is 2.03. The lowest BCUT2D eigenvalue weighted by molar-refractivity contribution is -0.384. The Kier molecular flexibility index (Phi) is 7.85. The molecule has 0 fully saturated rings. The zero-order valence-electron chi connectivity index (χ0n) is 11.9. The summed E-state index contributed by atoms with van der Waals surface area (Å²) in [5.41, 5.74) is 0.800. The number of nitrogens with zero attached hydrogens (tertiary/aromatic N) is 1. The molecule has 112 valence electrons. The molecule has 0 saturated heterocycles. The quantitative estimate of drug-likeness (QED) is 0.400. The third-order valence-electron chi connectivity index (χ3n) is 2.38. The number of nitro benzene ring substituents is 1. The lowest BCUT2D eigenvalue weighted by Crippen LogP contribution is -1.89. The van der Waals surface area contributed by atoms with Crippen molar-refractivity contribution >= 4 is 41.1 Å². The summed E-state index contributed by atoms with van der Waals surface area (Å²) in [6.45, 7) is 4.10. The van der Waals surface area contributed by atoms with E-state index < -0.39 is 4.92 Å². The van der Waals surface area contributed by atoms with Gasteiger partial charge in [0.25, 0.3) is 5.69 Å². The summed E-state index contributed by atoms with van der Waals surface area (Å²) >= 11 is 3.30. The molecule has 1 rings (SSSR count). The summed E-state index contributed by atoms with van der Waals surface area (Å²) in [7, 11) is 0. The predicted molar refractivity (Wildman–Crippen MR) is 91.5 cm³/mol. The van der Waals surface area contributed by atoms with Gasteiger partial charge in [-0.15, -0.1) is 23.5 Å². The first-order valence-corrected chi connectivity index (χ1v) is 8.47. The van der Waals surface area contributed by atoms with Crippen LogP contribution >= 0.6 is 23.5 Å². The number of benzene rings is 1. The van der Waals surface area contributed by atoms with Crippen molar-refractivity contribution in [3.63, 3.8) is 0 Å². The Morgan fingerprint density at radius 1 is 1.19 bits per heavy atom. The van der Waals surface area contributed by atoms with Gasteiger partial charge in [0.05, 0.1) is 4.92 Å². The molecule has 0 radical (unpaired) electrons. The van der Waals surface area contributed by atoms with E-state index in [0.29, 0.717) is 0 Å². The maximum Gasteiger partial charge on any atom is 0.269 e. The minimum Gasteiger partial charge on any atom is -0.290 e. The first-order valence-electron chi connectivity index (χ1n) is 6.50. The van der Waals surface area contributed by atoms with Gasteiger partial charge in [0.1, 0.15) is 0 Å². The van der Waals surface area contributed by atoms with Crippen LogP contribution in [0.25, 0.3) is 6.08 Å². The fourth-order valence-corrected chi connectivity index (χ4v) is 3.47. The highest BCUT2D eigenvalue weighted by molar-refractivity contribution is 8.22. The Morgan fingerprint density at radius 3 is 2.24 bits per heavy atom. The Morgan fingerprint density at radius 2 is 1.76 bits per heavy atom. The number of hydrogen-bond acceptors (Lipinski definition) is 5. The van der Waals surface area contributed by atoms with Gasteiger partial charge in [0, 0.05) is 22.4 Å². The maximum absolute atomic E-state index is 11.9. The average molecular weight is 323 g/mol. The molecule has 0 aromatic heterocycles. The molecule has 0 atom stereocenters. The highest BCUT2D eigenvalue weighted by atomic mass is 32.2. The van der Waals surface area contributed by atoms with E-state index in [9.17, 15) is 14.9 Å². The molecule has 0 spiro atoms. The van der Waals surface area contributed by atoms with Crippen molar-refractivity contribution in [2.24, 2.45) is 0 Å². The second kappa shape index (κ2) is 9.41. The molecule has 0 amide bonds. The fourth-order valence-electron chi connectivity index (χ4n) is 1.46. The van der Waals surface area contributed by atoms with Crippen LogP contribution in [0.1, 0.15) is 19.4 Å². The zero-order valence-corrected chi connectivity index (χ0v) is 13.6. The van der Waals surface area contributed by atoms with Gasteiger partial charge >= 0.3 is 0 Å². The van der Waals surface area contributed by atoms with Crippen LogP contribution in [-0.2, 0) is 4.79 Å². The van der Waals surface area contributed by atoms with E-state index in [1.165, 1.54) is 18.2 Å². The summed E-state index contributed by atoms with van der Waals surface area (Å²) < 4.78 is 1.01.